The summed E-state index contributed by atoms with van der Waals surface area (Å²) in [5.41, 5.74) is 0. The van der Waals surface area contributed by atoms with Crippen molar-refractivity contribution in [2.24, 2.45) is 5.92 Å². The molecule has 1 rings (SSSR count). The molecular weight excluding hydrogens is 231 g/mol. The standard InChI is InChI=1S/C12H22F3NO/c1-3-16-10(5-4-7-12(13,14)15)11-9(2)6-8-17-11/h9-11,16H,3-8H2,1-2H3. The second-order valence-electron chi connectivity index (χ2n) is 4.77. The number of likely N-dealkylation sites (N-methyl/N-ethyl adjacent to an activating group) is 1. The summed E-state index contributed by atoms with van der Waals surface area (Å²) in [4.78, 5) is 0. The van der Waals surface area contributed by atoms with Crippen molar-refractivity contribution in [3.63, 3.8) is 0 Å². The molecule has 1 N–H and O–H groups in total. The molecule has 0 aliphatic carbocycles. The number of ether oxygens (including phenoxy) is 1. The quantitative estimate of drug-likeness (QED) is 0.785. The molecule has 0 aromatic carbocycles. The van der Waals surface area contributed by atoms with Gasteiger partial charge in [0, 0.05) is 19.1 Å². The molecule has 5 heteroatoms. The molecule has 1 fully saturated rings. The molecule has 0 aromatic rings. The molecule has 1 saturated heterocycles. The Bertz CT molecular complexity index is 220. The van der Waals surface area contributed by atoms with Gasteiger partial charge in [-0.05, 0) is 31.7 Å². The van der Waals surface area contributed by atoms with Gasteiger partial charge in [0.2, 0.25) is 0 Å². The van der Waals surface area contributed by atoms with Crippen LogP contribution in [0.3, 0.4) is 0 Å². The van der Waals surface area contributed by atoms with E-state index < -0.39 is 12.6 Å². The van der Waals surface area contributed by atoms with Gasteiger partial charge >= 0.3 is 6.18 Å². The predicted octanol–water partition coefficient (Wildman–Crippen LogP) is 3.12. The van der Waals surface area contributed by atoms with Crippen LogP contribution >= 0.6 is 0 Å². The van der Waals surface area contributed by atoms with Gasteiger partial charge in [0.25, 0.3) is 0 Å². The maximum absolute atomic E-state index is 12.1. The molecule has 0 radical (unpaired) electrons. The zero-order valence-corrected chi connectivity index (χ0v) is 10.5. The Morgan fingerprint density at radius 2 is 2.12 bits per heavy atom. The highest BCUT2D eigenvalue weighted by Crippen LogP contribution is 2.27. The summed E-state index contributed by atoms with van der Waals surface area (Å²) in [5, 5.41) is 3.25. The minimum Gasteiger partial charge on any atom is -0.376 e. The van der Waals surface area contributed by atoms with E-state index in [1.165, 1.54) is 0 Å². The monoisotopic (exact) mass is 253 g/mol. The number of hydrogen-bond acceptors (Lipinski definition) is 2. The summed E-state index contributed by atoms with van der Waals surface area (Å²) in [5.74, 6) is 0.435. The molecule has 17 heavy (non-hydrogen) atoms. The number of hydrogen-bond donors (Lipinski definition) is 1. The normalized spacial score (nSPS) is 27.4. The fourth-order valence-electron chi connectivity index (χ4n) is 2.40. The Balaban J connectivity index is 2.37. The van der Waals surface area contributed by atoms with Gasteiger partial charge < -0.3 is 10.1 Å². The summed E-state index contributed by atoms with van der Waals surface area (Å²) >= 11 is 0. The predicted molar refractivity (Wildman–Crippen MR) is 60.9 cm³/mol. The van der Waals surface area contributed by atoms with E-state index in [1.54, 1.807) is 0 Å². The van der Waals surface area contributed by atoms with Crippen LogP contribution in [0.4, 0.5) is 13.2 Å². The van der Waals surface area contributed by atoms with Crippen molar-refractivity contribution in [3.8, 4) is 0 Å². The van der Waals surface area contributed by atoms with Crippen molar-refractivity contribution < 1.29 is 17.9 Å². The van der Waals surface area contributed by atoms with Crippen LogP contribution < -0.4 is 5.32 Å². The minimum atomic E-state index is -4.04. The number of rotatable bonds is 6. The van der Waals surface area contributed by atoms with Gasteiger partial charge in [-0.3, -0.25) is 0 Å². The Kier molecular flexibility index (Phi) is 5.73. The lowest BCUT2D eigenvalue weighted by Crippen LogP contribution is -2.42. The molecule has 3 atom stereocenters. The zero-order chi connectivity index (χ0) is 12.9. The molecule has 0 spiro atoms. The van der Waals surface area contributed by atoms with Gasteiger partial charge in [-0.2, -0.15) is 13.2 Å². The molecule has 1 aliphatic rings. The molecule has 0 aromatic heterocycles. The summed E-state index contributed by atoms with van der Waals surface area (Å²) in [6.07, 6.45) is -2.96. The number of alkyl halides is 3. The largest absolute Gasteiger partial charge is 0.389 e. The van der Waals surface area contributed by atoms with Gasteiger partial charge in [0.05, 0.1) is 6.10 Å². The van der Waals surface area contributed by atoms with Crippen LogP contribution in [0.5, 0.6) is 0 Å². The van der Waals surface area contributed by atoms with Crippen molar-refractivity contribution in [2.75, 3.05) is 13.2 Å². The van der Waals surface area contributed by atoms with Crippen molar-refractivity contribution in [1.82, 2.24) is 5.32 Å². The van der Waals surface area contributed by atoms with Crippen LogP contribution in [-0.2, 0) is 4.74 Å². The Morgan fingerprint density at radius 3 is 2.59 bits per heavy atom. The van der Waals surface area contributed by atoms with E-state index in [2.05, 4.69) is 12.2 Å². The molecule has 0 bridgehead atoms. The Hall–Kier alpha value is -0.290. The number of halogens is 3. The minimum absolute atomic E-state index is 0.0554. The van der Waals surface area contributed by atoms with Crippen LogP contribution in [0, 0.1) is 5.92 Å². The Morgan fingerprint density at radius 1 is 1.41 bits per heavy atom. The topological polar surface area (TPSA) is 21.3 Å². The van der Waals surface area contributed by atoms with E-state index in [0.717, 1.165) is 19.6 Å². The lowest BCUT2D eigenvalue weighted by molar-refractivity contribution is -0.136. The summed E-state index contributed by atoms with van der Waals surface area (Å²) in [7, 11) is 0. The fraction of sp³-hybridized carbons (Fsp3) is 1.00. The molecular formula is C12H22F3NO. The van der Waals surface area contributed by atoms with Crippen molar-refractivity contribution in [1.29, 1.82) is 0 Å². The second-order valence-corrected chi connectivity index (χ2v) is 4.77. The van der Waals surface area contributed by atoms with Gasteiger partial charge in [0.1, 0.15) is 0 Å². The van der Waals surface area contributed by atoms with Gasteiger partial charge in [-0.25, -0.2) is 0 Å². The SMILES string of the molecule is CCNC(CCCC(F)(F)F)C1OCCC1C. The maximum Gasteiger partial charge on any atom is 0.389 e. The van der Waals surface area contributed by atoms with Crippen LogP contribution in [0.1, 0.15) is 39.5 Å². The van der Waals surface area contributed by atoms with E-state index in [-0.39, 0.29) is 18.6 Å². The van der Waals surface area contributed by atoms with Crippen molar-refractivity contribution >= 4 is 0 Å². The average Bonchev–Trinajstić information content (AvgIpc) is 2.61. The fourth-order valence-corrected chi connectivity index (χ4v) is 2.40. The summed E-state index contributed by atoms with van der Waals surface area (Å²) in [6, 6.07) is 0.0554. The Labute approximate surface area is 101 Å². The summed E-state index contributed by atoms with van der Waals surface area (Å²) < 4.78 is 41.9. The van der Waals surface area contributed by atoms with Gasteiger partial charge in [-0.15, -0.1) is 0 Å². The van der Waals surface area contributed by atoms with Crippen LogP contribution in [0.2, 0.25) is 0 Å². The third kappa shape index (κ3) is 5.25. The van der Waals surface area contributed by atoms with E-state index in [4.69, 9.17) is 4.74 Å². The van der Waals surface area contributed by atoms with Crippen LogP contribution in [-0.4, -0.2) is 31.5 Å². The molecule has 1 aliphatic heterocycles. The van der Waals surface area contributed by atoms with E-state index in [0.29, 0.717) is 12.3 Å². The van der Waals surface area contributed by atoms with E-state index >= 15 is 0 Å². The first-order valence-corrected chi connectivity index (χ1v) is 6.35. The third-order valence-electron chi connectivity index (χ3n) is 3.28. The first-order chi connectivity index (χ1) is 7.94. The average molecular weight is 253 g/mol. The van der Waals surface area contributed by atoms with Gasteiger partial charge in [0.15, 0.2) is 0 Å². The first-order valence-electron chi connectivity index (χ1n) is 6.35. The van der Waals surface area contributed by atoms with E-state index in [1.807, 2.05) is 6.92 Å². The second kappa shape index (κ2) is 6.59. The lowest BCUT2D eigenvalue weighted by atomic mass is 9.94. The summed E-state index contributed by atoms with van der Waals surface area (Å²) in [6.45, 7) is 5.57. The van der Waals surface area contributed by atoms with Crippen molar-refractivity contribution in [3.05, 3.63) is 0 Å². The number of nitrogens with one attached hydrogen (secondary N) is 1. The molecule has 3 unspecified atom stereocenters. The lowest BCUT2D eigenvalue weighted by Gasteiger charge is -2.27. The van der Waals surface area contributed by atoms with Gasteiger partial charge in [-0.1, -0.05) is 13.8 Å². The smallest absolute Gasteiger partial charge is 0.376 e. The molecule has 102 valence electrons. The van der Waals surface area contributed by atoms with Crippen molar-refractivity contribution in [2.45, 2.75) is 57.9 Å². The zero-order valence-electron chi connectivity index (χ0n) is 10.5. The highest BCUT2D eigenvalue weighted by atomic mass is 19.4. The first kappa shape index (κ1) is 14.8. The van der Waals surface area contributed by atoms with Crippen LogP contribution in [0.15, 0.2) is 0 Å². The highest BCUT2D eigenvalue weighted by Gasteiger charge is 2.33. The maximum atomic E-state index is 12.1. The molecule has 1 heterocycles. The third-order valence-corrected chi connectivity index (χ3v) is 3.28. The molecule has 2 nitrogen and oxygen atoms in total. The van der Waals surface area contributed by atoms with Crippen LogP contribution in [0.25, 0.3) is 0 Å². The van der Waals surface area contributed by atoms with E-state index in [9.17, 15) is 13.2 Å². The molecule has 0 saturated carbocycles. The molecule has 0 amide bonds. The highest BCUT2D eigenvalue weighted by molar-refractivity contribution is 4.84.